The SMILES string of the molecule is O=C(NC1[C@@H]2CC3C[C@H]1CC(O)(C3)C2)N1CCN(c2ccc(N3CCN(C4CC4)CC3)cn2)c2ccccc21. The summed E-state index contributed by atoms with van der Waals surface area (Å²) in [7, 11) is 0. The van der Waals surface area contributed by atoms with Crippen LogP contribution in [0, 0.1) is 17.8 Å². The number of nitrogens with one attached hydrogen (secondary N) is 1. The van der Waals surface area contributed by atoms with E-state index in [0.29, 0.717) is 30.8 Å². The molecule has 5 saturated carbocycles. The van der Waals surface area contributed by atoms with Crippen molar-refractivity contribution in [2.24, 2.45) is 17.8 Å². The fraction of sp³-hybridized carbons (Fsp3) is 0.613. The molecule has 0 radical (unpaired) electrons. The van der Waals surface area contributed by atoms with Gasteiger partial charge in [-0.25, -0.2) is 9.78 Å². The molecule has 39 heavy (non-hydrogen) atoms. The summed E-state index contributed by atoms with van der Waals surface area (Å²) in [6, 6.07) is 13.6. The lowest BCUT2D eigenvalue weighted by Crippen LogP contribution is -2.63. The van der Waals surface area contributed by atoms with E-state index in [2.05, 4.69) is 38.2 Å². The second-order valence-corrected chi connectivity index (χ2v) is 13.1. The van der Waals surface area contributed by atoms with E-state index < -0.39 is 5.60 Å². The highest BCUT2D eigenvalue weighted by Gasteiger charge is 2.55. The molecule has 2 aromatic rings. The maximum atomic E-state index is 13.7. The molecule has 2 amide bonds. The Hall–Kier alpha value is -2.84. The number of urea groups is 1. The molecular weight excluding hydrogens is 488 g/mol. The molecule has 206 valence electrons. The molecule has 2 aliphatic heterocycles. The van der Waals surface area contributed by atoms with Crippen molar-refractivity contribution in [2.75, 3.05) is 54.0 Å². The Morgan fingerprint density at radius 1 is 0.897 bits per heavy atom. The summed E-state index contributed by atoms with van der Waals surface area (Å²) in [5.41, 5.74) is 2.67. The van der Waals surface area contributed by atoms with Crippen LogP contribution in [0.15, 0.2) is 42.6 Å². The van der Waals surface area contributed by atoms with Crippen LogP contribution in [0.1, 0.15) is 44.9 Å². The van der Waals surface area contributed by atoms with Gasteiger partial charge >= 0.3 is 6.03 Å². The largest absolute Gasteiger partial charge is 0.390 e. The van der Waals surface area contributed by atoms with Crippen LogP contribution in [0.4, 0.5) is 27.7 Å². The van der Waals surface area contributed by atoms with E-state index in [4.69, 9.17) is 4.98 Å². The smallest absolute Gasteiger partial charge is 0.322 e. The van der Waals surface area contributed by atoms with Gasteiger partial charge in [0.15, 0.2) is 0 Å². The zero-order valence-electron chi connectivity index (χ0n) is 22.7. The average Bonchev–Trinajstić information content (AvgIpc) is 3.80. The van der Waals surface area contributed by atoms with Gasteiger partial charge in [-0.15, -0.1) is 0 Å². The van der Waals surface area contributed by atoms with Crippen LogP contribution >= 0.6 is 0 Å². The molecule has 5 atom stereocenters. The van der Waals surface area contributed by atoms with Gasteiger partial charge in [-0.05, 0) is 87.0 Å². The molecule has 5 aliphatic carbocycles. The molecule has 8 heteroatoms. The highest BCUT2D eigenvalue weighted by atomic mass is 16.3. The first kappa shape index (κ1) is 24.0. The van der Waals surface area contributed by atoms with Crippen LogP contribution in [0.25, 0.3) is 0 Å². The molecule has 4 bridgehead atoms. The number of nitrogens with zero attached hydrogens (tertiary/aromatic N) is 5. The van der Waals surface area contributed by atoms with Crippen LogP contribution in [-0.2, 0) is 0 Å². The summed E-state index contributed by atoms with van der Waals surface area (Å²) in [4.78, 5) is 27.8. The Morgan fingerprint density at radius 2 is 1.64 bits per heavy atom. The number of amides is 2. The highest BCUT2D eigenvalue weighted by molar-refractivity contribution is 5.98. The lowest BCUT2D eigenvalue weighted by atomic mass is 9.52. The first-order valence-corrected chi connectivity index (χ1v) is 15.2. The van der Waals surface area contributed by atoms with Crippen LogP contribution < -0.4 is 20.0 Å². The number of benzene rings is 1. The fourth-order valence-electron chi connectivity index (χ4n) is 8.76. The molecule has 6 fully saturated rings. The van der Waals surface area contributed by atoms with E-state index in [1.807, 2.05) is 29.3 Å². The van der Waals surface area contributed by atoms with E-state index in [1.165, 1.54) is 18.5 Å². The number of hydrogen-bond acceptors (Lipinski definition) is 6. The van der Waals surface area contributed by atoms with E-state index in [9.17, 15) is 9.90 Å². The zero-order chi connectivity index (χ0) is 26.1. The predicted molar refractivity (Wildman–Crippen MR) is 153 cm³/mol. The minimum Gasteiger partial charge on any atom is -0.390 e. The molecule has 1 aromatic heterocycles. The van der Waals surface area contributed by atoms with Crippen molar-refractivity contribution in [3.63, 3.8) is 0 Å². The van der Waals surface area contributed by atoms with Gasteiger partial charge < -0.3 is 20.2 Å². The summed E-state index contributed by atoms with van der Waals surface area (Å²) in [6.07, 6.45) is 9.70. The molecule has 7 aliphatic rings. The second-order valence-electron chi connectivity index (χ2n) is 13.1. The number of hydrogen-bond donors (Lipinski definition) is 2. The third-order valence-electron chi connectivity index (χ3n) is 10.5. The van der Waals surface area contributed by atoms with E-state index in [1.54, 1.807) is 0 Å². The van der Waals surface area contributed by atoms with E-state index in [-0.39, 0.29) is 12.1 Å². The number of aliphatic hydroxyl groups is 1. The fourth-order valence-corrected chi connectivity index (χ4v) is 8.76. The summed E-state index contributed by atoms with van der Waals surface area (Å²) >= 11 is 0. The molecule has 1 saturated heterocycles. The summed E-state index contributed by atoms with van der Waals surface area (Å²) in [5, 5.41) is 14.4. The van der Waals surface area contributed by atoms with Crippen molar-refractivity contribution in [1.82, 2.24) is 15.2 Å². The van der Waals surface area contributed by atoms with Gasteiger partial charge in [-0.1, -0.05) is 12.1 Å². The monoisotopic (exact) mass is 528 g/mol. The van der Waals surface area contributed by atoms with Crippen molar-refractivity contribution < 1.29 is 9.90 Å². The van der Waals surface area contributed by atoms with Gasteiger partial charge in [0, 0.05) is 51.4 Å². The number of carbonyl (C=O) groups excluding carboxylic acids is 1. The number of anilines is 4. The average molecular weight is 529 g/mol. The molecule has 3 unspecified atom stereocenters. The number of carbonyl (C=O) groups is 1. The number of piperazine rings is 1. The normalized spacial score (nSPS) is 33.8. The van der Waals surface area contributed by atoms with Gasteiger partial charge in [-0.3, -0.25) is 9.80 Å². The van der Waals surface area contributed by atoms with Crippen molar-refractivity contribution in [1.29, 1.82) is 0 Å². The summed E-state index contributed by atoms with van der Waals surface area (Å²) in [5.74, 6) is 2.37. The Balaban J connectivity index is 0.967. The Labute approximate surface area is 231 Å². The third kappa shape index (κ3) is 4.27. The van der Waals surface area contributed by atoms with Crippen molar-refractivity contribution in [3.8, 4) is 0 Å². The first-order chi connectivity index (χ1) is 19.0. The zero-order valence-corrected chi connectivity index (χ0v) is 22.7. The maximum Gasteiger partial charge on any atom is 0.322 e. The lowest BCUT2D eigenvalue weighted by molar-refractivity contribution is -0.136. The van der Waals surface area contributed by atoms with E-state index in [0.717, 1.165) is 81.5 Å². The van der Waals surface area contributed by atoms with E-state index >= 15 is 0 Å². The van der Waals surface area contributed by atoms with Crippen LogP contribution in [0.2, 0.25) is 0 Å². The first-order valence-electron chi connectivity index (χ1n) is 15.2. The molecule has 3 heterocycles. The molecule has 2 N–H and O–H groups in total. The number of pyridine rings is 1. The molecule has 1 aromatic carbocycles. The third-order valence-corrected chi connectivity index (χ3v) is 10.5. The van der Waals surface area contributed by atoms with Crippen LogP contribution in [0.3, 0.4) is 0 Å². The van der Waals surface area contributed by atoms with Crippen molar-refractivity contribution >= 4 is 28.9 Å². The predicted octanol–water partition coefficient (Wildman–Crippen LogP) is 3.97. The van der Waals surface area contributed by atoms with Crippen molar-refractivity contribution in [2.45, 2.75) is 62.6 Å². The van der Waals surface area contributed by atoms with Gasteiger partial charge in [-0.2, -0.15) is 0 Å². The topological polar surface area (TPSA) is 75.2 Å². The molecule has 8 nitrogen and oxygen atoms in total. The summed E-state index contributed by atoms with van der Waals surface area (Å²) in [6.45, 7) is 5.75. The van der Waals surface area contributed by atoms with Crippen LogP contribution in [0.5, 0.6) is 0 Å². The molecule has 0 spiro atoms. The summed E-state index contributed by atoms with van der Waals surface area (Å²) < 4.78 is 0. The Morgan fingerprint density at radius 3 is 2.31 bits per heavy atom. The van der Waals surface area contributed by atoms with Crippen molar-refractivity contribution in [3.05, 3.63) is 42.6 Å². The Kier molecular flexibility index (Phi) is 5.60. The number of aromatic nitrogens is 1. The minimum atomic E-state index is -0.483. The standard InChI is InChI=1S/C31H40N6O2/c38-30(33-29-22-15-21-16-23(29)19-31(39,17-21)18-22)37-14-13-36(26-3-1-2-4-27(26)37)28-8-7-25(20-32-28)35-11-9-34(10-12-35)24-5-6-24/h1-4,7-8,20-24,29,39H,5-6,9-19H2,(H,33,38)/t21?,22-,23+,29?,31?. The quantitative estimate of drug-likeness (QED) is 0.626. The highest BCUT2D eigenvalue weighted by Crippen LogP contribution is 2.55. The van der Waals surface area contributed by atoms with Gasteiger partial charge in [0.25, 0.3) is 0 Å². The Bertz CT molecular complexity index is 1220. The lowest BCUT2D eigenvalue weighted by Gasteiger charge is -2.58. The van der Waals surface area contributed by atoms with Gasteiger partial charge in [0.05, 0.1) is 28.9 Å². The number of rotatable bonds is 4. The molecular formula is C31H40N6O2. The molecule has 9 rings (SSSR count). The van der Waals surface area contributed by atoms with Gasteiger partial charge in [0.1, 0.15) is 5.82 Å². The minimum absolute atomic E-state index is 0.000195. The van der Waals surface area contributed by atoms with Crippen LogP contribution in [-0.4, -0.2) is 78.0 Å². The van der Waals surface area contributed by atoms with Gasteiger partial charge in [0.2, 0.25) is 0 Å². The second kappa shape index (κ2) is 9.10. The number of para-hydroxylation sites is 2. The number of fused-ring (bicyclic) bond motifs is 1. The maximum absolute atomic E-state index is 13.7.